The lowest BCUT2D eigenvalue weighted by molar-refractivity contribution is -0.0528. The van der Waals surface area contributed by atoms with Crippen LogP contribution in [0.25, 0.3) is 11.3 Å². The number of aryl methyl sites for hydroxylation is 3. The van der Waals surface area contributed by atoms with E-state index in [2.05, 4.69) is 14.8 Å². The molecule has 0 spiro atoms. The third-order valence-corrected chi connectivity index (χ3v) is 3.84. The minimum Gasteiger partial charge on any atom is -0.417 e. The first-order valence-corrected chi connectivity index (χ1v) is 8.06. The summed E-state index contributed by atoms with van der Waals surface area (Å²) >= 11 is 0. The van der Waals surface area contributed by atoms with Crippen molar-refractivity contribution in [2.45, 2.75) is 26.5 Å². The summed E-state index contributed by atoms with van der Waals surface area (Å²) < 4.78 is 30.0. The zero-order valence-electron chi connectivity index (χ0n) is 14.1. The fourth-order valence-electron chi connectivity index (χ4n) is 2.45. The molecule has 0 saturated heterocycles. The molecule has 0 aliphatic heterocycles. The molecular weight excluding hydrogens is 340 g/mol. The molecule has 0 bridgehead atoms. The molecule has 0 N–H and O–H groups in total. The van der Waals surface area contributed by atoms with Crippen LogP contribution in [0.3, 0.4) is 0 Å². The molecule has 3 rings (SSSR count). The maximum absolute atomic E-state index is 12.2. The first-order valence-electron chi connectivity index (χ1n) is 8.06. The van der Waals surface area contributed by atoms with Gasteiger partial charge >= 0.3 is 6.61 Å². The summed E-state index contributed by atoms with van der Waals surface area (Å²) in [7, 11) is 0. The Morgan fingerprint density at radius 1 is 1.08 bits per heavy atom. The van der Waals surface area contributed by atoms with Crippen LogP contribution in [0.2, 0.25) is 0 Å². The number of hydrogen-bond acceptors (Lipinski definition) is 4. The number of rotatable bonds is 6. The quantitative estimate of drug-likeness (QED) is 0.678. The van der Waals surface area contributed by atoms with Gasteiger partial charge in [-0.25, -0.2) is 9.67 Å². The molecule has 0 fully saturated rings. The maximum atomic E-state index is 12.2. The first-order chi connectivity index (χ1) is 12.5. The normalized spacial score (nSPS) is 10.9. The Balaban J connectivity index is 1.76. The van der Waals surface area contributed by atoms with Crippen molar-refractivity contribution in [1.82, 2.24) is 14.8 Å². The van der Waals surface area contributed by atoms with E-state index in [0.717, 1.165) is 5.56 Å². The van der Waals surface area contributed by atoms with Crippen molar-refractivity contribution in [3.05, 3.63) is 76.2 Å². The van der Waals surface area contributed by atoms with Gasteiger partial charge in [0.1, 0.15) is 0 Å². The Bertz CT molecular complexity index is 923. The molecule has 26 heavy (non-hydrogen) atoms. The van der Waals surface area contributed by atoms with E-state index in [1.807, 2.05) is 31.2 Å². The summed E-state index contributed by atoms with van der Waals surface area (Å²) in [5.41, 5.74) is 3.23. The summed E-state index contributed by atoms with van der Waals surface area (Å²) in [6.45, 7) is -0.462. The van der Waals surface area contributed by atoms with Gasteiger partial charge in [0.2, 0.25) is 5.88 Å². The van der Waals surface area contributed by atoms with E-state index >= 15 is 0 Å². The monoisotopic (exact) mass is 357 g/mol. The number of nitrogens with zero attached hydrogens (tertiary/aromatic N) is 3. The summed E-state index contributed by atoms with van der Waals surface area (Å²) in [5, 5.41) is 4.34. The highest BCUT2D eigenvalue weighted by Gasteiger charge is 2.08. The van der Waals surface area contributed by atoms with Crippen molar-refractivity contribution in [2.24, 2.45) is 0 Å². The summed E-state index contributed by atoms with van der Waals surface area (Å²) in [5.74, 6) is -0.170. The number of aromatic nitrogens is 3. The third-order valence-electron chi connectivity index (χ3n) is 3.84. The van der Waals surface area contributed by atoms with Gasteiger partial charge in [-0.3, -0.25) is 4.79 Å². The molecule has 1 aromatic carbocycles. The van der Waals surface area contributed by atoms with Crippen LogP contribution < -0.4 is 10.3 Å². The molecule has 134 valence electrons. The maximum Gasteiger partial charge on any atom is 0.388 e. The van der Waals surface area contributed by atoms with Crippen molar-refractivity contribution in [3.63, 3.8) is 0 Å². The smallest absolute Gasteiger partial charge is 0.388 e. The highest BCUT2D eigenvalue weighted by atomic mass is 19.3. The van der Waals surface area contributed by atoms with E-state index in [0.29, 0.717) is 24.2 Å². The van der Waals surface area contributed by atoms with Gasteiger partial charge < -0.3 is 4.74 Å². The van der Waals surface area contributed by atoms with Gasteiger partial charge in [0.25, 0.3) is 5.56 Å². The zero-order chi connectivity index (χ0) is 18.5. The predicted octanol–water partition coefficient (Wildman–Crippen LogP) is 3.46. The lowest BCUT2D eigenvalue weighted by atomic mass is 10.1. The lowest BCUT2D eigenvalue weighted by Crippen LogP contribution is -2.23. The van der Waals surface area contributed by atoms with Gasteiger partial charge in [-0.2, -0.15) is 13.9 Å². The second kappa shape index (κ2) is 7.86. The van der Waals surface area contributed by atoms with E-state index in [-0.39, 0.29) is 11.4 Å². The summed E-state index contributed by atoms with van der Waals surface area (Å²) in [6.07, 6.45) is 2.06. The van der Waals surface area contributed by atoms with Crippen LogP contribution in [0.1, 0.15) is 11.1 Å². The SMILES string of the molecule is Cc1ccc(CCn2nc(-c3ccc(OC(F)F)nc3)ccc2=O)cc1. The molecule has 0 amide bonds. The molecule has 0 atom stereocenters. The Morgan fingerprint density at radius 3 is 2.50 bits per heavy atom. The Kier molecular flexibility index (Phi) is 5.36. The molecule has 0 aliphatic carbocycles. The Hall–Kier alpha value is -3.09. The largest absolute Gasteiger partial charge is 0.417 e. The van der Waals surface area contributed by atoms with Crippen LogP contribution >= 0.6 is 0 Å². The van der Waals surface area contributed by atoms with E-state index in [1.165, 1.54) is 28.6 Å². The van der Waals surface area contributed by atoms with Gasteiger partial charge in [0.05, 0.1) is 5.69 Å². The molecule has 7 heteroatoms. The van der Waals surface area contributed by atoms with E-state index in [4.69, 9.17) is 0 Å². The number of hydrogen-bond donors (Lipinski definition) is 0. The van der Waals surface area contributed by atoms with Crippen molar-refractivity contribution in [3.8, 4) is 17.1 Å². The number of halogens is 2. The number of alkyl halides is 2. The number of ether oxygens (including phenoxy) is 1. The predicted molar refractivity (Wildman–Crippen MR) is 93.2 cm³/mol. The van der Waals surface area contributed by atoms with Gasteiger partial charge in [0, 0.05) is 30.4 Å². The molecule has 0 unspecified atom stereocenters. The highest BCUT2D eigenvalue weighted by molar-refractivity contribution is 5.57. The van der Waals surface area contributed by atoms with Crippen LogP contribution in [0, 0.1) is 6.92 Å². The van der Waals surface area contributed by atoms with Crippen LogP contribution in [0.5, 0.6) is 5.88 Å². The number of pyridine rings is 1. The molecule has 2 heterocycles. The van der Waals surface area contributed by atoms with Crippen molar-refractivity contribution >= 4 is 0 Å². The molecular formula is C19H17F2N3O2. The fourth-order valence-corrected chi connectivity index (χ4v) is 2.45. The second-order valence-electron chi connectivity index (χ2n) is 5.78. The summed E-state index contributed by atoms with van der Waals surface area (Å²) in [4.78, 5) is 15.9. The van der Waals surface area contributed by atoms with Gasteiger partial charge in [-0.15, -0.1) is 0 Å². The van der Waals surface area contributed by atoms with Crippen molar-refractivity contribution in [2.75, 3.05) is 0 Å². The topological polar surface area (TPSA) is 57.0 Å². The van der Waals surface area contributed by atoms with E-state index < -0.39 is 6.61 Å². The van der Waals surface area contributed by atoms with Crippen molar-refractivity contribution < 1.29 is 13.5 Å². The molecule has 0 aliphatic rings. The lowest BCUT2D eigenvalue weighted by Gasteiger charge is -2.08. The van der Waals surface area contributed by atoms with Crippen molar-refractivity contribution in [1.29, 1.82) is 0 Å². The fraction of sp³-hybridized carbons (Fsp3) is 0.211. The average Bonchev–Trinajstić information content (AvgIpc) is 2.63. The first kappa shape index (κ1) is 17.7. The molecule has 5 nitrogen and oxygen atoms in total. The van der Waals surface area contributed by atoms with Crippen LogP contribution in [-0.4, -0.2) is 21.4 Å². The molecule has 2 aromatic heterocycles. The number of benzene rings is 1. The van der Waals surface area contributed by atoms with Gasteiger partial charge in [-0.05, 0) is 31.0 Å². The minimum absolute atomic E-state index is 0.170. The Labute approximate surface area is 148 Å². The summed E-state index contributed by atoms with van der Waals surface area (Å²) in [6, 6.07) is 14.0. The standard InChI is InChI=1S/C19H17F2N3O2/c1-13-2-4-14(5-3-13)10-11-24-18(25)9-7-16(23-24)15-6-8-17(22-12-15)26-19(20)21/h2-9,12,19H,10-11H2,1H3. The van der Waals surface area contributed by atoms with Gasteiger partial charge in [-0.1, -0.05) is 29.8 Å². The van der Waals surface area contributed by atoms with E-state index in [9.17, 15) is 13.6 Å². The van der Waals surface area contributed by atoms with Gasteiger partial charge in [0.15, 0.2) is 0 Å². The Morgan fingerprint density at radius 2 is 1.85 bits per heavy atom. The molecule has 0 saturated carbocycles. The second-order valence-corrected chi connectivity index (χ2v) is 5.78. The van der Waals surface area contributed by atoms with Crippen LogP contribution in [-0.2, 0) is 13.0 Å². The average molecular weight is 357 g/mol. The minimum atomic E-state index is -2.92. The van der Waals surface area contributed by atoms with Crippen LogP contribution in [0.15, 0.2) is 59.5 Å². The highest BCUT2D eigenvalue weighted by Crippen LogP contribution is 2.18. The van der Waals surface area contributed by atoms with E-state index in [1.54, 1.807) is 12.1 Å². The third kappa shape index (κ3) is 4.50. The zero-order valence-corrected chi connectivity index (χ0v) is 14.1. The molecule has 3 aromatic rings. The van der Waals surface area contributed by atoms with Crippen LogP contribution in [0.4, 0.5) is 8.78 Å². The molecule has 0 radical (unpaired) electrons.